The molecule has 0 aliphatic heterocycles. The molecule has 0 spiro atoms. The Labute approximate surface area is 123 Å². The molecule has 6 nitrogen and oxygen atoms in total. The van der Waals surface area contributed by atoms with Gasteiger partial charge in [-0.1, -0.05) is 24.4 Å². The second-order valence-corrected chi connectivity index (χ2v) is 7.05. The third-order valence-electron chi connectivity index (χ3n) is 3.77. The van der Waals surface area contributed by atoms with Crippen molar-refractivity contribution in [1.29, 1.82) is 0 Å². The SMILES string of the molecule is Cc1oc(-c2ccno2)cc1S(=O)(=O)NC1CCCCC1. The number of furan rings is 1. The van der Waals surface area contributed by atoms with Gasteiger partial charge in [0.2, 0.25) is 15.8 Å². The summed E-state index contributed by atoms with van der Waals surface area (Å²) in [5.41, 5.74) is 0. The molecule has 1 fully saturated rings. The van der Waals surface area contributed by atoms with Crippen LogP contribution in [-0.4, -0.2) is 19.6 Å². The third-order valence-corrected chi connectivity index (χ3v) is 5.40. The third kappa shape index (κ3) is 3.03. The molecule has 114 valence electrons. The summed E-state index contributed by atoms with van der Waals surface area (Å²) in [6, 6.07) is 3.14. The van der Waals surface area contributed by atoms with E-state index in [4.69, 9.17) is 8.94 Å². The van der Waals surface area contributed by atoms with Crippen LogP contribution in [0.4, 0.5) is 0 Å². The maximum atomic E-state index is 12.5. The zero-order chi connectivity index (χ0) is 14.9. The van der Waals surface area contributed by atoms with Gasteiger partial charge in [-0.3, -0.25) is 0 Å². The first-order valence-electron chi connectivity index (χ1n) is 7.10. The van der Waals surface area contributed by atoms with Gasteiger partial charge < -0.3 is 8.94 Å². The van der Waals surface area contributed by atoms with E-state index in [9.17, 15) is 8.42 Å². The molecule has 0 amide bonds. The van der Waals surface area contributed by atoms with Gasteiger partial charge in [-0.15, -0.1) is 0 Å². The lowest BCUT2D eigenvalue weighted by molar-refractivity contribution is 0.410. The van der Waals surface area contributed by atoms with E-state index in [1.54, 1.807) is 13.0 Å². The maximum absolute atomic E-state index is 12.5. The fourth-order valence-corrected chi connectivity index (χ4v) is 4.18. The van der Waals surface area contributed by atoms with Crippen LogP contribution in [0.5, 0.6) is 0 Å². The highest BCUT2D eigenvalue weighted by molar-refractivity contribution is 7.89. The first kappa shape index (κ1) is 14.3. The minimum atomic E-state index is -3.57. The predicted molar refractivity (Wildman–Crippen MR) is 76.1 cm³/mol. The Morgan fingerprint density at radius 3 is 2.67 bits per heavy atom. The Kier molecular flexibility index (Phi) is 3.86. The summed E-state index contributed by atoms with van der Waals surface area (Å²) in [4.78, 5) is 0.166. The van der Waals surface area contributed by atoms with Crippen LogP contribution in [0.3, 0.4) is 0 Å². The molecule has 0 aromatic carbocycles. The van der Waals surface area contributed by atoms with Gasteiger partial charge >= 0.3 is 0 Å². The number of aryl methyl sites for hydroxylation is 1. The van der Waals surface area contributed by atoms with Gasteiger partial charge in [0.05, 0.1) is 6.20 Å². The number of nitrogens with one attached hydrogen (secondary N) is 1. The van der Waals surface area contributed by atoms with E-state index in [1.807, 2.05) is 0 Å². The van der Waals surface area contributed by atoms with Crippen molar-refractivity contribution in [2.45, 2.75) is 50.0 Å². The van der Waals surface area contributed by atoms with Gasteiger partial charge in [0.1, 0.15) is 10.7 Å². The molecule has 0 saturated heterocycles. The van der Waals surface area contributed by atoms with Crippen molar-refractivity contribution >= 4 is 10.0 Å². The van der Waals surface area contributed by atoms with Crippen molar-refractivity contribution in [3.8, 4) is 11.5 Å². The van der Waals surface area contributed by atoms with Gasteiger partial charge in [-0.25, -0.2) is 13.1 Å². The summed E-state index contributed by atoms with van der Waals surface area (Å²) in [7, 11) is -3.57. The average molecular weight is 310 g/mol. The van der Waals surface area contributed by atoms with Gasteiger partial charge in [-0.05, 0) is 19.8 Å². The quantitative estimate of drug-likeness (QED) is 0.938. The molecule has 0 radical (unpaired) electrons. The summed E-state index contributed by atoms with van der Waals surface area (Å²) < 4.78 is 38.2. The van der Waals surface area contributed by atoms with Crippen LogP contribution in [-0.2, 0) is 10.0 Å². The fraction of sp³-hybridized carbons (Fsp3) is 0.500. The lowest BCUT2D eigenvalue weighted by Gasteiger charge is -2.22. The molecule has 3 rings (SSSR count). The molecular weight excluding hydrogens is 292 g/mol. The molecule has 1 aliphatic carbocycles. The largest absolute Gasteiger partial charge is 0.457 e. The first-order valence-corrected chi connectivity index (χ1v) is 8.58. The zero-order valence-corrected chi connectivity index (χ0v) is 12.6. The highest BCUT2D eigenvalue weighted by Crippen LogP contribution is 2.28. The molecule has 2 aromatic rings. The van der Waals surface area contributed by atoms with Crippen LogP contribution in [0.25, 0.3) is 11.5 Å². The molecule has 21 heavy (non-hydrogen) atoms. The fourth-order valence-electron chi connectivity index (χ4n) is 2.70. The van der Waals surface area contributed by atoms with Gasteiger partial charge in [0, 0.05) is 18.2 Å². The monoisotopic (exact) mass is 310 g/mol. The number of hydrogen-bond donors (Lipinski definition) is 1. The summed E-state index contributed by atoms with van der Waals surface area (Å²) in [5, 5.41) is 3.59. The molecule has 7 heteroatoms. The minimum absolute atomic E-state index is 0.0202. The van der Waals surface area contributed by atoms with Crippen molar-refractivity contribution in [2.24, 2.45) is 0 Å². The molecule has 2 heterocycles. The number of nitrogens with zero attached hydrogens (tertiary/aromatic N) is 1. The molecule has 1 N–H and O–H groups in total. The molecule has 0 bridgehead atoms. The van der Waals surface area contributed by atoms with Gasteiger partial charge in [0.15, 0.2) is 5.76 Å². The highest BCUT2D eigenvalue weighted by atomic mass is 32.2. The van der Waals surface area contributed by atoms with Crippen molar-refractivity contribution < 1.29 is 17.4 Å². The van der Waals surface area contributed by atoms with Crippen molar-refractivity contribution in [3.05, 3.63) is 24.1 Å². The molecule has 0 atom stereocenters. The van der Waals surface area contributed by atoms with Crippen LogP contribution in [0.2, 0.25) is 0 Å². The number of hydrogen-bond acceptors (Lipinski definition) is 5. The van der Waals surface area contributed by atoms with Crippen LogP contribution in [0.1, 0.15) is 37.9 Å². The topological polar surface area (TPSA) is 85.3 Å². The second-order valence-electron chi connectivity index (χ2n) is 5.36. The second kappa shape index (κ2) is 5.65. The van der Waals surface area contributed by atoms with Crippen LogP contribution in [0, 0.1) is 6.92 Å². The summed E-state index contributed by atoms with van der Waals surface area (Å²) in [5.74, 6) is 1.14. The highest BCUT2D eigenvalue weighted by Gasteiger charge is 2.26. The van der Waals surface area contributed by atoms with Gasteiger partial charge in [0.25, 0.3) is 0 Å². The van der Waals surface area contributed by atoms with E-state index >= 15 is 0 Å². The van der Waals surface area contributed by atoms with E-state index in [-0.39, 0.29) is 10.9 Å². The van der Waals surface area contributed by atoms with Crippen molar-refractivity contribution in [1.82, 2.24) is 9.88 Å². The van der Waals surface area contributed by atoms with Crippen molar-refractivity contribution in [3.63, 3.8) is 0 Å². The van der Waals surface area contributed by atoms with Crippen molar-refractivity contribution in [2.75, 3.05) is 0 Å². The van der Waals surface area contributed by atoms with E-state index < -0.39 is 10.0 Å². The molecule has 1 saturated carbocycles. The molecular formula is C14H18N2O4S. The Morgan fingerprint density at radius 1 is 1.24 bits per heavy atom. The van der Waals surface area contributed by atoms with Gasteiger partial charge in [-0.2, -0.15) is 0 Å². The molecule has 0 unspecified atom stereocenters. The Hall–Kier alpha value is -1.60. The Morgan fingerprint density at radius 2 is 2.00 bits per heavy atom. The van der Waals surface area contributed by atoms with E-state index in [0.717, 1.165) is 25.7 Å². The number of rotatable bonds is 4. The summed E-state index contributed by atoms with van der Waals surface area (Å²) >= 11 is 0. The minimum Gasteiger partial charge on any atom is -0.457 e. The standard InChI is InChI=1S/C14H18N2O4S/c1-10-14(9-13(19-10)12-7-8-15-20-12)21(17,18)16-11-5-3-2-4-6-11/h7-9,11,16H,2-6H2,1H3. The smallest absolute Gasteiger partial charge is 0.244 e. The Balaban J connectivity index is 1.85. The normalized spacial score (nSPS) is 17.2. The average Bonchev–Trinajstić information content (AvgIpc) is 3.08. The predicted octanol–water partition coefficient (Wildman–Crippen LogP) is 2.85. The van der Waals surface area contributed by atoms with Crippen LogP contribution in [0.15, 0.2) is 32.2 Å². The lowest BCUT2D eigenvalue weighted by atomic mass is 9.96. The van der Waals surface area contributed by atoms with E-state index in [1.165, 1.54) is 18.7 Å². The number of aromatic nitrogens is 1. The lowest BCUT2D eigenvalue weighted by Crippen LogP contribution is -2.36. The zero-order valence-electron chi connectivity index (χ0n) is 11.8. The molecule has 1 aliphatic rings. The Bertz CT molecular complexity index is 697. The number of sulfonamides is 1. The van der Waals surface area contributed by atoms with Crippen LogP contribution >= 0.6 is 0 Å². The van der Waals surface area contributed by atoms with E-state index in [0.29, 0.717) is 17.3 Å². The van der Waals surface area contributed by atoms with Crippen LogP contribution < -0.4 is 4.72 Å². The van der Waals surface area contributed by atoms with E-state index in [2.05, 4.69) is 9.88 Å². The molecule has 2 aromatic heterocycles. The maximum Gasteiger partial charge on any atom is 0.244 e. The first-order chi connectivity index (χ1) is 10.1. The summed E-state index contributed by atoms with van der Waals surface area (Å²) in [6.45, 7) is 1.63. The summed E-state index contributed by atoms with van der Waals surface area (Å²) in [6.07, 6.45) is 6.60.